The Hall–Kier alpha value is -2.86. The molecule has 1 heterocycles. The van der Waals surface area contributed by atoms with Gasteiger partial charge in [0.2, 0.25) is 11.8 Å². The van der Waals surface area contributed by atoms with Crippen molar-refractivity contribution in [2.45, 2.75) is 25.8 Å². The van der Waals surface area contributed by atoms with Crippen molar-refractivity contribution in [2.24, 2.45) is 0 Å². The van der Waals surface area contributed by atoms with Crippen LogP contribution in [0.5, 0.6) is 0 Å². The average Bonchev–Trinajstić information content (AvgIpc) is 2.78. The van der Waals surface area contributed by atoms with Crippen molar-refractivity contribution in [3.8, 4) is 0 Å². The summed E-state index contributed by atoms with van der Waals surface area (Å²) >= 11 is 5.91. The highest BCUT2D eigenvalue weighted by molar-refractivity contribution is 6.30. The lowest BCUT2D eigenvalue weighted by Crippen LogP contribution is -2.56. The molecule has 1 saturated heterocycles. The van der Waals surface area contributed by atoms with Crippen LogP contribution in [0, 0.1) is 0 Å². The van der Waals surface area contributed by atoms with Crippen LogP contribution in [0.4, 0.5) is 0 Å². The zero-order valence-electron chi connectivity index (χ0n) is 17.0. The van der Waals surface area contributed by atoms with Crippen molar-refractivity contribution in [2.75, 3.05) is 26.2 Å². The second-order valence-electron chi connectivity index (χ2n) is 7.28. The largest absolute Gasteiger partial charge is 0.340 e. The van der Waals surface area contributed by atoms with E-state index in [0.29, 0.717) is 49.6 Å². The molecule has 7 heteroatoms. The molecule has 3 amide bonds. The summed E-state index contributed by atoms with van der Waals surface area (Å²) in [6.45, 7) is 3.80. The molecule has 2 aromatic rings. The molecule has 3 rings (SSSR count). The zero-order valence-corrected chi connectivity index (χ0v) is 17.8. The van der Waals surface area contributed by atoms with Crippen LogP contribution in [0.15, 0.2) is 54.6 Å². The lowest BCUT2D eigenvalue weighted by molar-refractivity contribution is -0.140. The minimum Gasteiger partial charge on any atom is -0.340 e. The van der Waals surface area contributed by atoms with Crippen molar-refractivity contribution in [1.82, 2.24) is 15.1 Å². The highest BCUT2D eigenvalue weighted by atomic mass is 35.5. The number of hydrogen-bond donors (Lipinski definition) is 1. The molecule has 0 aromatic heterocycles. The first-order chi connectivity index (χ1) is 14.5. The van der Waals surface area contributed by atoms with Gasteiger partial charge in [0, 0.05) is 49.6 Å². The number of nitrogens with zero attached hydrogens (tertiary/aromatic N) is 2. The van der Waals surface area contributed by atoms with Gasteiger partial charge in [-0.25, -0.2) is 0 Å². The number of benzene rings is 2. The highest BCUT2D eigenvalue weighted by Gasteiger charge is 2.30. The minimum absolute atomic E-state index is 0.0963. The molecular formula is C23H26ClN3O3. The van der Waals surface area contributed by atoms with Gasteiger partial charge >= 0.3 is 0 Å². The lowest BCUT2D eigenvalue weighted by atomic mass is 10.0. The first-order valence-electron chi connectivity index (χ1n) is 10.1. The van der Waals surface area contributed by atoms with Gasteiger partial charge in [0.05, 0.1) is 0 Å². The number of carbonyl (C=O) groups excluding carboxylic acids is 3. The minimum atomic E-state index is -0.691. The normalized spacial score (nSPS) is 14.9. The molecule has 1 aliphatic heterocycles. The third kappa shape index (κ3) is 5.60. The van der Waals surface area contributed by atoms with E-state index < -0.39 is 6.04 Å². The van der Waals surface area contributed by atoms with Crippen LogP contribution in [0.3, 0.4) is 0 Å². The maximum atomic E-state index is 13.3. The van der Waals surface area contributed by atoms with Crippen molar-refractivity contribution in [1.29, 1.82) is 0 Å². The lowest BCUT2D eigenvalue weighted by Gasteiger charge is -2.36. The number of carbonyl (C=O) groups is 3. The van der Waals surface area contributed by atoms with Gasteiger partial charge in [-0.1, -0.05) is 48.9 Å². The third-order valence-electron chi connectivity index (χ3n) is 5.24. The first-order valence-corrected chi connectivity index (χ1v) is 10.5. The van der Waals surface area contributed by atoms with Gasteiger partial charge in [-0.2, -0.15) is 0 Å². The predicted octanol–water partition coefficient (Wildman–Crippen LogP) is 2.76. The van der Waals surface area contributed by atoms with Gasteiger partial charge in [-0.05, 0) is 29.8 Å². The van der Waals surface area contributed by atoms with E-state index in [9.17, 15) is 14.4 Å². The maximum absolute atomic E-state index is 13.3. The summed E-state index contributed by atoms with van der Waals surface area (Å²) in [5.74, 6) is -0.357. The Morgan fingerprint density at radius 3 is 2.13 bits per heavy atom. The Balaban J connectivity index is 1.72. The Labute approximate surface area is 181 Å². The molecule has 30 heavy (non-hydrogen) atoms. The summed E-state index contributed by atoms with van der Waals surface area (Å²) in [5.41, 5.74) is 1.41. The predicted molar refractivity (Wildman–Crippen MR) is 116 cm³/mol. The number of hydrogen-bond acceptors (Lipinski definition) is 3. The average molecular weight is 428 g/mol. The first kappa shape index (κ1) is 21.8. The van der Waals surface area contributed by atoms with Gasteiger partial charge < -0.3 is 15.1 Å². The van der Waals surface area contributed by atoms with Gasteiger partial charge in [0.25, 0.3) is 5.91 Å². The van der Waals surface area contributed by atoms with E-state index in [1.165, 1.54) is 0 Å². The second kappa shape index (κ2) is 10.3. The van der Waals surface area contributed by atoms with Crippen molar-refractivity contribution >= 4 is 29.3 Å². The molecule has 1 atom stereocenters. The van der Waals surface area contributed by atoms with Crippen molar-refractivity contribution < 1.29 is 14.4 Å². The molecule has 158 valence electrons. The molecule has 1 fully saturated rings. The van der Waals surface area contributed by atoms with Gasteiger partial charge in [-0.3, -0.25) is 14.4 Å². The van der Waals surface area contributed by atoms with E-state index >= 15 is 0 Å². The van der Waals surface area contributed by atoms with Crippen molar-refractivity contribution in [3.05, 3.63) is 70.7 Å². The summed E-state index contributed by atoms with van der Waals surface area (Å²) in [5, 5.41) is 3.43. The van der Waals surface area contributed by atoms with E-state index in [4.69, 9.17) is 11.6 Å². The Kier molecular flexibility index (Phi) is 7.46. The number of rotatable bonds is 6. The Morgan fingerprint density at radius 2 is 1.53 bits per heavy atom. The summed E-state index contributed by atoms with van der Waals surface area (Å²) in [6, 6.07) is 15.5. The SMILES string of the molecule is CCC(=O)N1CCN(C(=O)C(Cc2ccccc2)NC(=O)c2ccc(Cl)cc2)CC1. The van der Waals surface area contributed by atoms with Gasteiger partial charge in [0.15, 0.2) is 0 Å². The quantitative estimate of drug-likeness (QED) is 0.770. The molecule has 0 spiro atoms. The number of nitrogens with one attached hydrogen (secondary N) is 1. The molecular weight excluding hydrogens is 402 g/mol. The second-order valence-corrected chi connectivity index (χ2v) is 7.72. The molecule has 0 bridgehead atoms. The van der Waals surface area contributed by atoms with Crippen LogP contribution < -0.4 is 5.32 Å². The van der Waals surface area contributed by atoms with E-state index in [0.717, 1.165) is 5.56 Å². The van der Waals surface area contributed by atoms with Crippen LogP contribution in [-0.2, 0) is 16.0 Å². The molecule has 2 aromatic carbocycles. The Morgan fingerprint density at radius 1 is 0.933 bits per heavy atom. The fourth-order valence-electron chi connectivity index (χ4n) is 3.51. The van der Waals surface area contributed by atoms with Gasteiger partial charge in [-0.15, -0.1) is 0 Å². The van der Waals surface area contributed by atoms with E-state index in [-0.39, 0.29) is 17.7 Å². The van der Waals surface area contributed by atoms with Crippen LogP contribution >= 0.6 is 11.6 Å². The maximum Gasteiger partial charge on any atom is 0.251 e. The van der Waals surface area contributed by atoms with Crippen molar-refractivity contribution in [3.63, 3.8) is 0 Å². The molecule has 0 radical (unpaired) electrons. The molecule has 0 saturated carbocycles. The van der Waals surface area contributed by atoms with Crippen LogP contribution in [-0.4, -0.2) is 59.7 Å². The van der Waals surface area contributed by atoms with Crippen LogP contribution in [0.1, 0.15) is 29.3 Å². The summed E-state index contributed by atoms with van der Waals surface area (Å²) in [4.78, 5) is 41.4. The van der Waals surface area contributed by atoms with E-state index in [1.54, 1.807) is 34.1 Å². The Bertz CT molecular complexity index is 878. The smallest absolute Gasteiger partial charge is 0.251 e. The topological polar surface area (TPSA) is 69.7 Å². The number of amides is 3. The molecule has 0 aliphatic carbocycles. The third-order valence-corrected chi connectivity index (χ3v) is 5.49. The van der Waals surface area contributed by atoms with Crippen LogP contribution in [0.2, 0.25) is 5.02 Å². The summed E-state index contributed by atoms with van der Waals surface area (Å²) < 4.78 is 0. The molecule has 6 nitrogen and oxygen atoms in total. The summed E-state index contributed by atoms with van der Waals surface area (Å²) in [6.07, 6.45) is 0.856. The molecule has 1 N–H and O–H groups in total. The molecule has 1 aliphatic rings. The van der Waals surface area contributed by atoms with E-state index in [2.05, 4.69) is 5.32 Å². The van der Waals surface area contributed by atoms with Gasteiger partial charge in [0.1, 0.15) is 6.04 Å². The van der Waals surface area contributed by atoms with E-state index in [1.807, 2.05) is 37.3 Å². The summed E-state index contributed by atoms with van der Waals surface area (Å²) in [7, 11) is 0. The monoisotopic (exact) mass is 427 g/mol. The number of halogens is 1. The fraction of sp³-hybridized carbons (Fsp3) is 0.348. The number of piperazine rings is 1. The zero-order chi connectivity index (χ0) is 21.5. The molecule has 1 unspecified atom stereocenters. The standard InChI is InChI=1S/C23H26ClN3O3/c1-2-21(28)26-12-14-27(15-13-26)23(30)20(16-17-6-4-3-5-7-17)25-22(29)18-8-10-19(24)11-9-18/h3-11,20H,2,12-16H2,1H3,(H,25,29). The fourth-order valence-corrected chi connectivity index (χ4v) is 3.64. The van der Waals surface area contributed by atoms with Crippen LogP contribution in [0.25, 0.3) is 0 Å². The highest BCUT2D eigenvalue weighted by Crippen LogP contribution is 2.13.